The number of carboxylic acid groups (broad SMARTS) is 1. The molecule has 1 aromatic carbocycles. The minimum atomic E-state index is -1.19. The standard InChI is InChI=1S/C10H5I3O4/c11-5-3-6(12)10(7(13)4-5)17-9(16)2-1-8(14)15/h1-4H,(H,14,15)/b2-1+. The van der Waals surface area contributed by atoms with Crippen molar-refractivity contribution in [1.82, 2.24) is 0 Å². The number of benzene rings is 1. The van der Waals surface area contributed by atoms with Crippen LogP contribution in [-0.2, 0) is 9.59 Å². The summed E-state index contributed by atoms with van der Waals surface area (Å²) in [7, 11) is 0. The van der Waals surface area contributed by atoms with Crippen LogP contribution in [0, 0.1) is 10.7 Å². The zero-order valence-electron chi connectivity index (χ0n) is 8.12. The number of ether oxygens (including phenoxy) is 1. The highest BCUT2D eigenvalue weighted by Gasteiger charge is 2.11. The molecule has 0 aliphatic heterocycles. The Balaban J connectivity index is 2.89. The van der Waals surface area contributed by atoms with E-state index in [1.165, 1.54) is 0 Å². The molecule has 7 heteroatoms. The predicted molar refractivity (Wildman–Crippen MR) is 87.0 cm³/mol. The van der Waals surface area contributed by atoms with Crippen LogP contribution in [0.15, 0.2) is 24.3 Å². The minimum Gasteiger partial charge on any atom is -0.478 e. The van der Waals surface area contributed by atoms with Crippen molar-refractivity contribution in [3.63, 3.8) is 0 Å². The van der Waals surface area contributed by atoms with E-state index in [2.05, 4.69) is 67.8 Å². The van der Waals surface area contributed by atoms with E-state index >= 15 is 0 Å². The number of carbonyl (C=O) groups is 2. The second-order valence-corrected chi connectivity index (χ2v) is 6.36. The Morgan fingerprint density at radius 1 is 1.12 bits per heavy atom. The van der Waals surface area contributed by atoms with Crippen LogP contribution in [0.3, 0.4) is 0 Å². The Morgan fingerprint density at radius 3 is 2.12 bits per heavy atom. The summed E-state index contributed by atoms with van der Waals surface area (Å²) < 4.78 is 7.72. The predicted octanol–water partition coefficient (Wildman–Crippen LogP) is 3.05. The lowest BCUT2D eigenvalue weighted by molar-refractivity contribution is -0.133. The third kappa shape index (κ3) is 5.07. The van der Waals surface area contributed by atoms with Crippen molar-refractivity contribution in [2.75, 3.05) is 0 Å². The van der Waals surface area contributed by atoms with E-state index in [1.54, 1.807) is 0 Å². The van der Waals surface area contributed by atoms with E-state index in [0.29, 0.717) is 5.75 Å². The van der Waals surface area contributed by atoms with Gasteiger partial charge >= 0.3 is 11.9 Å². The summed E-state index contributed by atoms with van der Waals surface area (Å²) >= 11 is 6.28. The van der Waals surface area contributed by atoms with E-state index in [9.17, 15) is 9.59 Å². The van der Waals surface area contributed by atoms with Gasteiger partial charge in [0.05, 0.1) is 7.14 Å². The van der Waals surface area contributed by atoms with E-state index < -0.39 is 11.9 Å². The molecular formula is C10H5I3O4. The molecular weight excluding hydrogens is 565 g/mol. The van der Waals surface area contributed by atoms with Crippen molar-refractivity contribution in [1.29, 1.82) is 0 Å². The van der Waals surface area contributed by atoms with Gasteiger partial charge in [-0.3, -0.25) is 0 Å². The molecule has 0 spiro atoms. The summed E-state index contributed by atoms with van der Waals surface area (Å²) in [6, 6.07) is 3.74. The summed E-state index contributed by atoms with van der Waals surface area (Å²) in [5.74, 6) is -1.44. The molecule has 0 fully saturated rings. The average Bonchev–Trinajstić information content (AvgIpc) is 2.20. The minimum absolute atomic E-state index is 0.451. The normalized spacial score (nSPS) is 10.5. The summed E-state index contributed by atoms with van der Waals surface area (Å²) in [6.07, 6.45) is 1.63. The maximum Gasteiger partial charge on any atom is 0.336 e. The third-order valence-electron chi connectivity index (χ3n) is 1.53. The van der Waals surface area contributed by atoms with Crippen molar-refractivity contribution in [2.24, 2.45) is 0 Å². The van der Waals surface area contributed by atoms with Gasteiger partial charge < -0.3 is 9.84 Å². The van der Waals surface area contributed by atoms with Gasteiger partial charge in [0.1, 0.15) is 0 Å². The smallest absolute Gasteiger partial charge is 0.336 e. The fourth-order valence-corrected chi connectivity index (χ4v) is 4.70. The molecule has 0 unspecified atom stereocenters. The van der Waals surface area contributed by atoms with E-state index in [0.717, 1.165) is 22.9 Å². The molecule has 0 atom stereocenters. The summed E-state index contributed by atoms with van der Waals surface area (Å²) in [5.41, 5.74) is 0. The van der Waals surface area contributed by atoms with Gasteiger partial charge in [0.25, 0.3) is 0 Å². The molecule has 1 aromatic rings. The van der Waals surface area contributed by atoms with Gasteiger partial charge in [-0.25, -0.2) is 9.59 Å². The number of aliphatic carboxylic acids is 1. The van der Waals surface area contributed by atoms with E-state index in [1.807, 2.05) is 12.1 Å². The zero-order valence-corrected chi connectivity index (χ0v) is 14.6. The van der Waals surface area contributed by atoms with Crippen molar-refractivity contribution < 1.29 is 19.4 Å². The lowest BCUT2D eigenvalue weighted by Crippen LogP contribution is -2.07. The lowest BCUT2D eigenvalue weighted by atomic mass is 10.3. The second kappa shape index (κ2) is 6.87. The Hall–Kier alpha value is 0.0900. The van der Waals surface area contributed by atoms with Crippen LogP contribution in [0.2, 0.25) is 0 Å². The van der Waals surface area contributed by atoms with E-state index in [-0.39, 0.29) is 0 Å². The second-order valence-electron chi connectivity index (χ2n) is 2.79. The number of hydrogen-bond acceptors (Lipinski definition) is 3. The van der Waals surface area contributed by atoms with Gasteiger partial charge in [-0.1, -0.05) is 0 Å². The number of carboxylic acids is 1. The Bertz CT molecular complexity index is 473. The van der Waals surface area contributed by atoms with Gasteiger partial charge in [0.2, 0.25) is 0 Å². The molecule has 0 radical (unpaired) electrons. The van der Waals surface area contributed by atoms with Crippen LogP contribution in [0.1, 0.15) is 0 Å². The molecule has 17 heavy (non-hydrogen) atoms. The molecule has 0 aliphatic carbocycles. The number of halogens is 3. The van der Waals surface area contributed by atoms with Crippen LogP contribution in [0.5, 0.6) is 5.75 Å². The van der Waals surface area contributed by atoms with Crippen LogP contribution < -0.4 is 4.74 Å². The van der Waals surface area contributed by atoms with Crippen molar-refractivity contribution in [3.05, 3.63) is 35.0 Å². The SMILES string of the molecule is O=C(O)/C=C/C(=O)Oc1c(I)cc(I)cc1I. The fraction of sp³-hybridized carbons (Fsp3) is 0. The first-order valence-electron chi connectivity index (χ1n) is 4.17. The van der Waals surface area contributed by atoms with Crippen LogP contribution in [0.25, 0.3) is 0 Å². The molecule has 0 heterocycles. The fourth-order valence-electron chi connectivity index (χ4n) is 0.900. The highest BCUT2D eigenvalue weighted by atomic mass is 127. The molecule has 0 saturated carbocycles. The largest absolute Gasteiger partial charge is 0.478 e. The first-order chi connectivity index (χ1) is 7.90. The van der Waals surface area contributed by atoms with Gasteiger partial charge in [0, 0.05) is 15.7 Å². The molecule has 0 aromatic heterocycles. The Kier molecular flexibility index (Phi) is 6.12. The number of carbonyl (C=O) groups excluding carboxylic acids is 1. The van der Waals surface area contributed by atoms with Crippen LogP contribution in [-0.4, -0.2) is 17.0 Å². The molecule has 1 N–H and O–H groups in total. The van der Waals surface area contributed by atoms with Crippen molar-refractivity contribution in [3.8, 4) is 5.75 Å². The maximum absolute atomic E-state index is 11.3. The van der Waals surface area contributed by atoms with Gasteiger partial charge in [-0.05, 0) is 79.9 Å². The van der Waals surface area contributed by atoms with Gasteiger partial charge in [-0.15, -0.1) is 0 Å². The first kappa shape index (κ1) is 15.1. The highest BCUT2D eigenvalue weighted by molar-refractivity contribution is 14.1. The first-order valence-corrected chi connectivity index (χ1v) is 7.41. The molecule has 90 valence electrons. The topological polar surface area (TPSA) is 63.6 Å². The van der Waals surface area contributed by atoms with Crippen LogP contribution >= 0.6 is 67.8 Å². The summed E-state index contributed by atoms with van der Waals surface area (Å²) in [4.78, 5) is 21.6. The van der Waals surface area contributed by atoms with Crippen molar-refractivity contribution >= 4 is 79.7 Å². The Labute approximate surface area is 138 Å². The average molecular weight is 570 g/mol. The van der Waals surface area contributed by atoms with Gasteiger partial charge in [-0.2, -0.15) is 0 Å². The monoisotopic (exact) mass is 570 g/mol. The Morgan fingerprint density at radius 2 is 1.65 bits per heavy atom. The molecule has 1 rings (SSSR count). The highest BCUT2D eigenvalue weighted by Crippen LogP contribution is 2.29. The third-order valence-corrected chi connectivity index (χ3v) is 3.75. The van der Waals surface area contributed by atoms with E-state index in [4.69, 9.17) is 9.84 Å². The number of rotatable bonds is 3. The number of esters is 1. The molecule has 0 amide bonds. The molecule has 4 nitrogen and oxygen atoms in total. The molecule has 0 aliphatic rings. The summed E-state index contributed by atoms with van der Waals surface area (Å²) in [6.45, 7) is 0. The summed E-state index contributed by atoms with van der Waals surface area (Å²) in [5, 5.41) is 8.38. The maximum atomic E-state index is 11.3. The molecule has 0 saturated heterocycles. The zero-order chi connectivity index (χ0) is 13.0. The lowest BCUT2D eigenvalue weighted by Gasteiger charge is -2.07. The molecule has 0 bridgehead atoms. The quantitative estimate of drug-likeness (QED) is 0.263. The van der Waals surface area contributed by atoms with Crippen molar-refractivity contribution in [2.45, 2.75) is 0 Å². The number of hydrogen-bond donors (Lipinski definition) is 1. The van der Waals surface area contributed by atoms with Crippen LogP contribution in [0.4, 0.5) is 0 Å². The van der Waals surface area contributed by atoms with Gasteiger partial charge in [0.15, 0.2) is 5.75 Å².